The molecular weight excluding hydrogens is 598 g/mol. The molecule has 3 aliphatic carbocycles. The average molecular weight is 660 g/mol. The molecule has 47 heavy (non-hydrogen) atoms. The maximum atomic E-state index is 12.0. The van der Waals surface area contributed by atoms with E-state index in [2.05, 4.69) is 66.1 Å². The van der Waals surface area contributed by atoms with Crippen molar-refractivity contribution in [1.29, 1.82) is 0 Å². The Kier molecular flexibility index (Phi) is 11.9. The molecule has 1 heterocycles. The fraction of sp³-hybridized carbons (Fsp3) is 0.789. The van der Waals surface area contributed by atoms with E-state index in [-0.39, 0.29) is 41.1 Å². The monoisotopic (exact) mass is 659 g/mol. The van der Waals surface area contributed by atoms with Gasteiger partial charge < -0.3 is 35.2 Å². The summed E-state index contributed by atoms with van der Waals surface area (Å²) in [6, 6.07) is -0.974. The molecule has 13 atom stereocenters. The Balaban J connectivity index is 1.56. The number of fused-ring (bicyclic) bond motifs is 1. The molecule has 9 nitrogen and oxygen atoms in total. The summed E-state index contributed by atoms with van der Waals surface area (Å²) in [5.74, 6) is 0.760. The van der Waals surface area contributed by atoms with Crippen LogP contribution in [0.1, 0.15) is 99.8 Å². The van der Waals surface area contributed by atoms with E-state index in [0.717, 1.165) is 44.1 Å². The van der Waals surface area contributed by atoms with Gasteiger partial charge in [-0.05, 0) is 105 Å². The molecular formula is C38H61NO8. The van der Waals surface area contributed by atoms with Gasteiger partial charge in [0.2, 0.25) is 5.91 Å². The minimum absolute atomic E-state index is 0.153. The molecule has 3 fully saturated rings. The summed E-state index contributed by atoms with van der Waals surface area (Å²) in [5, 5.41) is 43.5. The van der Waals surface area contributed by atoms with Crippen molar-refractivity contribution in [2.75, 3.05) is 6.61 Å². The molecule has 0 radical (unpaired) electrons. The van der Waals surface area contributed by atoms with Gasteiger partial charge in [0.1, 0.15) is 24.4 Å². The Labute approximate surface area is 281 Å². The lowest BCUT2D eigenvalue weighted by Crippen LogP contribution is -2.66. The second kappa shape index (κ2) is 14.8. The van der Waals surface area contributed by atoms with E-state index in [1.54, 1.807) is 0 Å². The number of aliphatic hydroxyl groups excluding tert-OH is 3. The van der Waals surface area contributed by atoms with Crippen LogP contribution >= 0.6 is 0 Å². The van der Waals surface area contributed by atoms with Crippen LogP contribution in [0, 0.1) is 46.3 Å². The fourth-order valence-electron chi connectivity index (χ4n) is 10.2. The predicted octanol–water partition coefficient (Wildman–Crippen LogP) is 5.39. The summed E-state index contributed by atoms with van der Waals surface area (Å²) in [5.41, 5.74) is 3.34. The standard InChI is InChI=1S/C38H61NO8/c1-20(2)26-13-11-22(4)27(38(26,9)17-16-31(42)43)15-12-25-21(3)10-14-28-32(25)23(5)18-30(37(28,7)8)47-36-33(39-24(6)41)35(45)34(44)29(19-40)46-36/h11,23,25-30,32-36,40,44-45H,1,3,10,12-19H2,2,4-9H3,(H,39,41)(H,42,43)/t23-,25+,26+,27+,28+,29+,30-,32-,33+,34-,35-,36-,38-/m0/s1. The molecule has 2 saturated carbocycles. The quantitative estimate of drug-likeness (QED) is 0.147. The number of hydrogen-bond acceptors (Lipinski definition) is 7. The molecule has 0 spiro atoms. The van der Waals surface area contributed by atoms with Crippen LogP contribution in [-0.2, 0) is 19.1 Å². The van der Waals surface area contributed by atoms with Gasteiger partial charge in [-0.2, -0.15) is 0 Å². The largest absolute Gasteiger partial charge is 0.481 e. The number of aliphatic carboxylic acids is 1. The van der Waals surface area contributed by atoms with Gasteiger partial charge >= 0.3 is 5.97 Å². The van der Waals surface area contributed by atoms with Gasteiger partial charge in [0, 0.05) is 13.3 Å². The molecule has 5 N–H and O–H groups in total. The van der Waals surface area contributed by atoms with Crippen LogP contribution in [0.3, 0.4) is 0 Å². The first kappa shape index (κ1) is 37.8. The third-order valence-electron chi connectivity index (χ3n) is 12.9. The van der Waals surface area contributed by atoms with Crippen molar-refractivity contribution in [3.05, 3.63) is 36.0 Å². The lowest BCUT2D eigenvalue weighted by atomic mass is 9.50. The number of carboxylic acids is 1. The number of amides is 1. The topological polar surface area (TPSA) is 146 Å². The van der Waals surface area contributed by atoms with Gasteiger partial charge in [0.15, 0.2) is 6.29 Å². The number of aliphatic hydroxyl groups is 3. The van der Waals surface area contributed by atoms with Crippen molar-refractivity contribution in [3.8, 4) is 0 Å². The van der Waals surface area contributed by atoms with Gasteiger partial charge in [-0.25, -0.2) is 0 Å². The van der Waals surface area contributed by atoms with Gasteiger partial charge in [-0.3, -0.25) is 9.59 Å². The number of hydrogen-bond donors (Lipinski definition) is 5. The second-order valence-corrected chi connectivity index (χ2v) is 16.2. The zero-order valence-electron chi connectivity index (χ0n) is 29.7. The van der Waals surface area contributed by atoms with Crippen molar-refractivity contribution < 1.29 is 39.5 Å². The minimum atomic E-state index is -1.36. The zero-order chi connectivity index (χ0) is 35.0. The van der Waals surface area contributed by atoms with E-state index in [4.69, 9.17) is 9.47 Å². The van der Waals surface area contributed by atoms with Crippen molar-refractivity contribution in [2.24, 2.45) is 46.3 Å². The molecule has 1 aliphatic heterocycles. The number of rotatable bonds is 11. The Morgan fingerprint density at radius 3 is 2.43 bits per heavy atom. The van der Waals surface area contributed by atoms with Crippen LogP contribution in [0.4, 0.5) is 0 Å². The fourth-order valence-corrected chi connectivity index (χ4v) is 10.2. The number of ether oxygens (including phenoxy) is 2. The van der Waals surface area contributed by atoms with Crippen molar-refractivity contribution in [3.63, 3.8) is 0 Å². The minimum Gasteiger partial charge on any atom is -0.481 e. The van der Waals surface area contributed by atoms with E-state index in [9.17, 15) is 30.0 Å². The molecule has 0 aromatic carbocycles. The third kappa shape index (κ3) is 7.59. The molecule has 0 unspecified atom stereocenters. The number of carbonyl (C=O) groups is 2. The van der Waals surface area contributed by atoms with E-state index in [0.29, 0.717) is 30.1 Å². The van der Waals surface area contributed by atoms with Crippen LogP contribution in [-0.4, -0.2) is 75.7 Å². The van der Waals surface area contributed by atoms with Gasteiger partial charge in [0.05, 0.1) is 12.7 Å². The molecule has 4 aliphatic rings. The first-order valence-corrected chi connectivity index (χ1v) is 17.7. The van der Waals surface area contributed by atoms with Crippen LogP contribution in [0.25, 0.3) is 0 Å². The van der Waals surface area contributed by atoms with E-state index in [1.807, 2.05) is 0 Å². The third-order valence-corrected chi connectivity index (χ3v) is 12.9. The first-order chi connectivity index (χ1) is 21.9. The van der Waals surface area contributed by atoms with Crippen LogP contribution in [0.2, 0.25) is 0 Å². The van der Waals surface area contributed by atoms with Gasteiger partial charge in [-0.1, -0.05) is 63.6 Å². The van der Waals surface area contributed by atoms with Crippen molar-refractivity contribution in [1.82, 2.24) is 5.32 Å². The molecule has 266 valence electrons. The smallest absolute Gasteiger partial charge is 0.303 e. The lowest BCUT2D eigenvalue weighted by Gasteiger charge is -2.58. The molecule has 1 saturated heterocycles. The first-order valence-electron chi connectivity index (χ1n) is 17.7. The zero-order valence-corrected chi connectivity index (χ0v) is 29.7. The number of nitrogens with one attached hydrogen (secondary N) is 1. The summed E-state index contributed by atoms with van der Waals surface area (Å²) < 4.78 is 12.6. The molecule has 0 aromatic heterocycles. The predicted molar refractivity (Wildman–Crippen MR) is 181 cm³/mol. The van der Waals surface area contributed by atoms with Crippen molar-refractivity contribution in [2.45, 2.75) is 137 Å². The van der Waals surface area contributed by atoms with Crippen LogP contribution < -0.4 is 5.32 Å². The maximum absolute atomic E-state index is 12.0. The highest BCUT2D eigenvalue weighted by molar-refractivity contribution is 5.73. The highest BCUT2D eigenvalue weighted by atomic mass is 16.7. The van der Waals surface area contributed by atoms with E-state index >= 15 is 0 Å². The lowest BCUT2D eigenvalue weighted by molar-refractivity contribution is -0.301. The number of carbonyl (C=O) groups excluding carboxylic acids is 1. The molecule has 4 rings (SSSR count). The normalized spacial score (nSPS) is 41.8. The van der Waals surface area contributed by atoms with Gasteiger partial charge in [-0.15, -0.1) is 0 Å². The molecule has 0 aromatic rings. The SMILES string of the molecule is C=C1CC[C@@H]2[C@H]([C@@H]1CC[C@@H]1C(C)=CC[C@H](C(=C)C)[C@]1(C)CCC(=O)O)[C@@H](C)C[C@H](O[C@@H]1O[C@H](CO)[C@H](O)[C@@H](O)[C@H]1NC(C)=O)C2(C)C. The van der Waals surface area contributed by atoms with Crippen molar-refractivity contribution >= 4 is 11.9 Å². The summed E-state index contributed by atoms with van der Waals surface area (Å²) in [7, 11) is 0. The van der Waals surface area contributed by atoms with Gasteiger partial charge in [0.25, 0.3) is 0 Å². The summed E-state index contributed by atoms with van der Waals surface area (Å²) in [4.78, 5) is 23.7. The summed E-state index contributed by atoms with van der Waals surface area (Å²) in [6.07, 6.45) is 3.68. The Bertz CT molecular complexity index is 1210. The Hall–Kier alpha value is -2.04. The van der Waals surface area contributed by atoms with E-state index in [1.165, 1.54) is 18.1 Å². The van der Waals surface area contributed by atoms with Crippen LogP contribution in [0.15, 0.2) is 36.0 Å². The average Bonchev–Trinajstić information content (AvgIpc) is 2.98. The maximum Gasteiger partial charge on any atom is 0.303 e. The summed E-state index contributed by atoms with van der Waals surface area (Å²) >= 11 is 0. The molecule has 1 amide bonds. The number of carboxylic acid groups (broad SMARTS) is 1. The highest BCUT2D eigenvalue weighted by Gasteiger charge is 2.55. The number of allylic oxidation sites excluding steroid dienone is 4. The molecule has 9 heteroatoms. The Morgan fingerprint density at radius 2 is 1.83 bits per heavy atom. The summed E-state index contributed by atoms with van der Waals surface area (Å²) in [6.45, 7) is 23.1. The second-order valence-electron chi connectivity index (χ2n) is 16.2. The van der Waals surface area contributed by atoms with E-state index < -0.39 is 43.2 Å². The van der Waals surface area contributed by atoms with Crippen LogP contribution in [0.5, 0.6) is 0 Å². The molecule has 0 bridgehead atoms. The Morgan fingerprint density at radius 1 is 1.15 bits per heavy atom. The highest BCUT2D eigenvalue weighted by Crippen LogP contribution is 2.59.